The predicted molar refractivity (Wildman–Crippen MR) is 98.3 cm³/mol. The lowest BCUT2D eigenvalue weighted by molar-refractivity contribution is 0.0508. The number of amides is 1. The van der Waals surface area contributed by atoms with Gasteiger partial charge in [-0.15, -0.1) is 0 Å². The second-order valence-electron chi connectivity index (χ2n) is 7.30. The van der Waals surface area contributed by atoms with E-state index in [0.29, 0.717) is 0 Å². The molecule has 2 N–H and O–H groups in total. The molecule has 0 aliphatic heterocycles. The Morgan fingerprint density at radius 2 is 1.88 bits per heavy atom. The first kappa shape index (κ1) is 16.4. The van der Waals surface area contributed by atoms with Crippen molar-refractivity contribution in [2.75, 3.05) is 0 Å². The van der Waals surface area contributed by atoms with Gasteiger partial charge in [-0.05, 0) is 39.1 Å². The Hall–Kier alpha value is -2.49. The Kier molecular flexibility index (Phi) is 4.22. The first-order valence-electron chi connectivity index (χ1n) is 8.31. The number of aromatic nitrogens is 1. The second kappa shape index (κ2) is 6.19. The average molecular weight is 324 g/mol. The lowest BCUT2D eigenvalue weighted by Gasteiger charge is -2.21. The molecule has 4 heteroatoms. The number of carbonyl (C=O) groups is 1. The summed E-state index contributed by atoms with van der Waals surface area (Å²) in [6.07, 6.45) is 0.346. The van der Waals surface area contributed by atoms with Crippen molar-refractivity contribution in [3.8, 4) is 0 Å². The third kappa shape index (κ3) is 3.70. The summed E-state index contributed by atoms with van der Waals surface area (Å²) in [7, 11) is 0. The zero-order chi connectivity index (χ0) is 17.3. The summed E-state index contributed by atoms with van der Waals surface area (Å²) >= 11 is 0. The van der Waals surface area contributed by atoms with Gasteiger partial charge in [-0.3, -0.25) is 0 Å². The van der Waals surface area contributed by atoms with Crippen molar-refractivity contribution in [3.63, 3.8) is 0 Å². The smallest absolute Gasteiger partial charge is 0.407 e. The van der Waals surface area contributed by atoms with Crippen LogP contribution in [0.25, 0.3) is 21.7 Å². The van der Waals surface area contributed by atoms with Crippen LogP contribution in [0, 0.1) is 0 Å². The molecule has 1 heterocycles. The van der Waals surface area contributed by atoms with Gasteiger partial charge in [-0.1, -0.05) is 36.4 Å². The molecule has 3 rings (SSSR count). The maximum absolute atomic E-state index is 11.9. The zero-order valence-electron chi connectivity index (χ0n) is 14.6. The third-order valence-electron chi connectivity index (χ3n) is 3.87. The normalized spacial score (nSPS) is 13.2. The lowest BCUT2D eigenvalue weighted by atomic mass is 10.1. The molecule has 0 spiro atoms. The van der Waals surface area contributed by atoms with Crippen LogP contribution in [0.5, 0.6) is 0 Å². The number of alkyl carbamates (subject to hydrolysis) is 1. The largest absolute Gasteiger partial charge is 0.444 e. The van der Waals surface area contributed by atoms with Gasteiger partial charge in [0.15, 0.2) is 0 Å². The maximum Gasteiger partial charge on any atom is 0.407 e. The van der Waals surface area contributed by atoms with Gasteiger partial charge in [0.2, 0.25) is 0 Å². The van der Waals surface area contributed by atoms with Crippen LogP contribution in [0.1, 0.15) is 33.4 Å². The van der Waals surface area contributed by atoms with E-state index in [0.717, 1.165) is 17.6 Å². The van der Waals surface area contributed by atoms with Crippen molar-refractivity contribution in [2.45, 2.75) is 45.8 Å². The number of nitrogens with one attached hydrogen (secondary N) is 2. The molecule has 1 amide bonds. The van der Waals surface area contributed by atoms with Gasteiger partial charge in [-0.25, -0.2) is 4.79 Å². The van der Waals surface area contributed by atoms with Crippen LogP contribution in [0.4, 0.5) is 4.79 Å². The molecule has 0 bridgehead atoms. The maximum atomic E-state index is 11.9. The van der Waals surface area contributed by atoms with E-state index in [1.54, 1.807) is 0 Å². The first-order chi connectivity index (χ1) is 11.3. The van der Waals surface area contributed by atoms with E-state index in [1.807, 2.05) is 33.8 Å². The summed E-state index contributed by atoms with van der Waals surface area (Å²) in [4.78, 5) is 15.4. The number of carbonyl (C=O) groups excluding carboxylic acids is 1. The fourth-order valence-electron chi connectivity index (χ4n) is 2.93. The van der Waals surface area contributed by atoms with Crippen LogP contribution in [0.15, 0.2) is 42.5 Å². The summed E-state index contributed by atoms with van der Waals surface area (Å²) in [6.45, 7) is 7.56. The molecule has 4 nitrogen and oxygen atoms in total. The fourth-order valence-corrected chi connectivity index (χ4v) is 2.93. The molecule has 1 unspecified atom stereocenters. The number of ether oxygens (including phenoxy) is 1. The molecule has 3 aromatic rings. The SMILES string of the molecule is CC(Cc1cc2ccc3ccccc3c2[nH]1)NC(=O)OC(C)(C)C. The predicted octanol–water partition coefficient (Wildman–Crippen LogP) is 4.78. The minimum atomic E-state index is -0.482. The number of hydrogen-bond donors (Lipinski definition) is 2. The number of H-pyrrole nitrogens is 1. The minimum Gasteiger partial charge on any atom is -0.444 e. The monoisotopic (exact) mass is 324 g/mol. The van der Waals surface area contributed by atoms with Gasteiger partial charge < -0.3 is 15.0 Å². The molecule has 0 radical (unpaired) electrons. The van der Waals surface area contributed by atoms with Crippen molar-refractivity contribution >= 4 is 27.8 Å². The van der Waals surface area contributed by atoms with Gasteiger partial charge in [0.05, 0.1) is 5.52 Å². The summed E-state index contributed by atoms with van der Waals surface area (Å²) in [6, 6.07) is 14.7. The molecule has 24 heavy (non-hydrogen) atoms. The fraction of sp³-hybridized carbons (Fsp3) is 0.350. The topological polar surface area (TPSA) is 54.1 Å². The summed E-state index contributed by atoms with van der Waals surface area (Å²) in [5, 5.41) is 6.51. The highest BCUT2D eigenvalue weighted by molar-refractivity contribution is 6.05. The first-order valence-corrected chi connectivity index (χ1v) is 8.31. The van der Waals surface area contributed by atoms with Crippen LogP contribution in [-0.2, 0) is 11.2 Å². The third-order valence-corrected chi connectivity index (χ3v) is 3.87. The van der Waals surface area contributed by atoms with Crippen molar-refractivity contribution in [3.05, 3.63) is 48.2 Å². The van der Waals surface area contributed by atoms with E-state index < -0.39 is 5.60 Å². The number of benzene rings is 2. The Labute approximate surface area is 142 Å². The van der Waals surface area contributed by atoms with Crippen LogP contribution in [0.3, 0.4) is 0 Å². The zero-order valence-corrected chi connectivity index (χ0v) is 14.6. The van der Waals surface area contributed by atoms with Gasteiger partial charge in [0.25, 0.3) is 0 Å². The van der Waals surface area contributed by atoms with Crippen molar-refractivity contribution in [1.82, 2.24) is 10.3 Å². The number of fused-ring (bicyclic) bond motifs is 3. The van der Waals surface area contributed by atoms with E-state index in [-0.39, 0.29) is 12.1 Å². The highest BCUT2D eigenvalue weighted by Crippen LogP contribution is 2.25. The summed E-state index contributed by atoms with van der Waals surface area (Å²) < 4.78 is 5.30. The lowest BCUT2D eigenvalue weighted by Crippen LogP contribution is -2.38. The van der Waals surface area contributed by atoms with E-state index in [4.69, 9.17) is 4.74 Å². The summed E-state index contributed by atoms with van der Waals surface area (Å²) in [5.41, 5.74) is 1.77. The number of aromatic amines is 1. The molecule has 1 atom stereocenters. The summed E-state index contributed by atoms with van der Waals surface area (Å²) in [5.74, 6) is 0. The van der Waals surface area contributed by atoms with Gasteiger partial charge in [0.1, 0.15) is 5.60 Å². The standard InChI is InChI=1S/C20H24N2O2/c1-13(21-19(23)24-20(2,3)4)11-16-12-15-10-9-14-7-5-6-8-17(14)18(15)22-16/h5-10,12-13,22H,11H2,1-4H3,(H,21,23). The molecule has 0 fully saturated rings. The second-order valence-corrected chi connectivity index (χ2v) is 7.30. The van der Waals surface area contributed by atoms with Crippen molar-refractivity contribution in [2.24, 2.45) is 0 Å². The van der Waals surface area contributed by atoms with Gasteiger partial charge in [0, 0.05) is 28.9 Å². The molecule has 0 saturated heterocycles. The minimum absolute atomic E-state index is 0.0147. The molecular formula is C20H24N2O2. The van der Waals surface area contributed by atoms with Crippen LogP contribution >= 0.6 is 0 Å². The van der Waals surface area contributed by atoms with Crippen LogP contribution in [-0.4, -0.2) is 22.7 Å². The van der Waals surface area contributed by atoms with E-state index in [1.165, 1.54) is 16.2 Å². The van der Waals surface area contributed by atoms with E-state index >= 15 is 0 Å². The van der Waals surface area contributed by atoms with Crippen molar-refractivity contribution in [1.29, 1.82) is 0 Å². The average Bonchev–Trinajstić information content (AvgIpc) is 2.87. The highest BCUT2D eigenvalue weighted by Gasteiger charge is 2.18. The van der Waals surface area contributed by atoms with Crippen LogP contribution in [0.2, 0.25) is 0 Å². The van der Waals surface area contributed by atoms with Crippen LogP contribution < -0.4 is 5.32 Å². The molecule has 0 aliphatic carbocycles. The Morgan fingerprint density at radius 3 is 2.62 bits per heavy atom. The molecule has 0 aliphatic rings. The Morgan fingerprint density at radius 1 is 1.17 bits per heavy atom. The van der Waals surface area contributed by atoms with E-state index in [2.05, 4.69) is 46.7 Å². The van der Waals surface area contributed by atoms with Crippen molar-refractivity contribution < 1.29 is 9.53 Å². The molecule has 2 aromatic carbocycles. The molecular weight excluding hydrogens is 300 g/mol. The van der Waals surface area contributed by atoms with Gasteiger partial charge in [-0.2, -0.15) is 0 Å². The molecule has 126 valence electrons. The quantitative estimate of drug-likeness (QED) is 0.728. The van der Waals surface area contributed by atoms with E-state index in [9.17, 15) is 4.79 Å². The Balaban J connectivity index is 1.76. The van der Waals surface area contributed by atoms with Gasteiger partial charge >= 0.3 is 6.09 Å². The molecule has 0 saturated carbocycles. The highest BCUT2D eigenvalue weighted by atomic mass is 16.6. The number of rotatable bonds is 3. The Bertz CT molecular complexity index is 874. The molecule has 1 aromatic heterocycles. The number of hydrogen-bond acceptors (Lipinski definition) is 2.